The lowest BCUT2D eigenvalue weighted by Crippen LogP contribution is -1.98. The number of halogens is 1. The number of allylic oxidation sites excluding steroid dienone is 2. The van der Waals surface area contributed by atoms with Crippen LogP contribution in [0.25, 0.3) is 27.4 Å². The molecule has 2 aromatic heterocycles. The van der Waals surface area contributed by atoms with Crippen molar-refractivity contribution in [3.8, 4) is 0 Å². The lowest BCUT2D eigenvalue weighted by atomic mass is 9.92. The van der Waals surface area contributed by atoms with E-state index < -0.39 is 4.92 Å². The molecule has 0 atom stereocenters. The van der Waals surface area contributed by atoms with Gasteiger partial charge in [0.25, 0.3) is 11.4 Å². The van der Waals surface area contributed by atoms with Gasteiger partial charge < -0.3 is 9.13 Å². The van der Waals surface area contributed by atoms with Crippen molar-refractivity contribution >= 4 is 54.7 Å². The van der Waals surface area contributed by atoms with Crippen LogP contribution in [0.1, 0.15) is 31.2 Å². The molecule has 0 N–H and O–H groups in total. The average molecular weight is 511 g/mol. The van der Waals surface area contributed by atoms with Crippen LogP contribution in [0.2, 0.25) is 0 Å². The Bertz CT molecular complexity index is 1420. The van der Waals surface area contributed by atoms with Crippen molar-refractivity contribution < 1.29 is 9.85 Å². The number of aryl methyl sites for hydroxylation is 2. The Hall–Kier alpha value is -3.46. The second-order valence-electron chi connectivity index (χ2n) is 8.14. The number of nitrogens with zero attached hydrogens (tertiary/aromatic N) is 4. The Morgan fingerprint density at radius 1 is 0.848 bits per heavy atom. The lowest BCUT2D eigenvalue weighted by Gasteiger charge is -2.15. The standard InChI is InChI=1S/C15H16N2O2.C9H7BrN2O2/c1-16-8-7-12-9-13(17(18)19)10-14(15(12)16)11-5-3-2-4-6-11;1-11-3-2-6-4-7(12(13)14)5-8(10)9(6)11/h5,7-10H,2-4,6H2,1H3;2-5H,1H3. The van der Waals surface area contributed by atoms with Crippen molar-refractivity contribution in [1.29, 1.82) is 0 Å². The van der Waals surface area contributed by atoms with Crippen LogP contribution >= 0.6 is 15.9 Å². The zero-order valence-electron chi connectivity index (χ0n) is 18.3. The lowest BCUT2D eigenvalue weighted by molar-refractivity contribution is -0.384. The van der Waals surface area contributed by atoms with E-state index in [-0.39, 0.29) is 16.3 Å². The van der Waals surface area contributed by atoms with Crippen molar-refractivity contribution in [3.63, 3.8) is 0 Å². The summed E-state index contributed by atoms with van der Waals surface area (Å²) in [4.78, 5) is 20.9. The molecular formula is C24H23BrN4O4. The number of hydrogen-bond donors (Lipinski definition) is 0. The molecule has 0 amide bonds. The third-order valence-electron chi connectivity index (χ3n) is 5.92. The Morgan fingerprint density at radius 3 is 2.00 bits per heavy atom. The highest BCUT2D eigenvalue weighted by Gasteiger charge is 2.17. The van der Waals surface area contributed by atoms with Crippen LogP contribution in [0, 0.1) is 20.2 Å². The predicted molar refractivity (Wildman–Crippen MR) is 133 cm³/mol. The summed E-state index contributed by atoms with van der Waals surface area (Å²) in [5.74, 6) is 0. The minimum Gasteiger partial charge on any atom is -0.350 e. The largest absolute Gasteiger partial charge is 0.350 e. The Labute approximate surface area is 198 Å². The number of benzene rings is 2. The monoisotopic (exact) mass is 510 g/mol. The van der Waals surface area contributed by atoms with Crippen LogP contribution in [0.15, 0.2) is 59.3 Å². The Balaban J connectivity index is 0.000000165. The predicted octanol–water partition coefficient (Wildman–Crippen LogP) is 6.89. The molecule has 0 unspecified atom stereocenters. The zero-order chi connectivity index (χ0) is 23.7. The molecule has 0 radical (unpaired) electrons. The minimum atomic E-state index is -0.392. The summed E-state index contributed by atoms with van der Waals surface area (Å²) in [5, 5.41) is 23.5. The van der Waals surface area contributed by atoms with Crippen molar-refractivity contribution in [3.05, 3.63) is 85.1 Å². The first-order valence-electron chi connectivity index (χ1n) is 10.6. The van der Waals surface area contributed by atoms with Gasteiger partial charge in [0.2, 0.25) is 0 Å². The Kier molecular flexibility index (Phi) is 6.33. The number of rotatable bonds is 3. The van der Waals surface area contributed by atoms with Crippen LogP contribution in [-0.4, -0.2) is 19.0 Å². The van der Waals surface area contributed by atoms with Gasteiger partial charge in [0.1, 0.15) is 0 Å². The molecule has 5 rings (SSSR count). The molecule has 0 fully saturated rings. The summed E-state index contributed by atoms with van der Waals surface area (Å²) >= 11 is 3.32. The summed E-state index contributed by atoms with van der Waals surface area (Å²) in [7, 11) is 3.89. The molecule has 0 aliphatic heterocycles. The molecule has 0 bridgehead atoms. The summed E-state index contributed by atoms with van der Waals surface area (Å²) in [6.45, 7) is 0. The number of fused-ring (bicyclic) bond motifs is 2. The molecule has 33 heavy (non-hydrogen) atoms. The van der Waals surface area contributed by atoms with Gasteiger partial charge in [-0.05, 0) is 59.3 Å². The summed E-state index contributed by atoms with van der Waals surface area (Å²) in [6.07, 6.45) is 10.5. The fourth-order valence-corrected chi connectivity index (χ4v) is 5.08. The molecule has 0 saturated carbocycles. The fourth-order valence-electron chi connectivity index (χ4n) is 4.34. The van der Waals surface area contributed by atoms with E-state index in [4.69, 9.17) is 0 Å². The van der Waals surface area contributed by atoms with E-state index in [0.717, 1.165) is 44.7 Å². The van der Waals surface area contributed by atoms with Crippen molar-refractivity contribution in [2.24, 2.45) is 14.1 Å². The summed E-state index contributed by atoms with van der Waals surface area (Å²) in [5.41, 5.74) is 4.63. The topological polar surface area (TPSA) is 96.1 Å². The molecule has 8 nitrogen and oxygen atoms in total. The van der Waals surface area contributed by atoms with Gasteiger partial charge in [-0.2, -0.15) is 0 Å². The number of aromatic nitrogens is 2. The maximum absolute atomic E-state index is 11.1. The third kappa shape index (κ3) is 4.54. The SMILES string of the molecule is Cn1ccc2cc([N+](=O)[O-])cc(Br)c21.Cn1ccc2cc([N+](=O)[O-])cc(C3=CCCCC3)c21. The van der Waals surface area contributed by atoms with Gasteiger partial charge in [-0.1, -0.05) is 6.08 Å². The molecule has 0 saturated heterocycles. The second kappa shape index (κ2) is 9.19. The summed E-state index contributed by atoms with van der Waals surface area (Å²) < 4.78 is 4.71. The average Bonchev–Trinajstić information content (AvgIpc) is 3.37. The zero-order valence-corrected chi connectivity index (χ0v) is 19.9. The Morgan fingerprint density at radius 2 is 1.42 bits per heavy atom. The normalized spacial score (nSPS) is 13.5. The fraction of sp³-hybridized carbons (Fsp3) is 0.250. The first kappa shape index (κ1) is 22.7. The highest BCUT2D eigenvalue weighted by molar-refractivity contribution is 9.10. The van der Waals surface area contributed by atoms with Crippen molar-refractivity contribution in [2.45, 2.75) is 25.7 Å². The molecule has 2 aromatic carbocycles. The van der Waals surface area contributed by atoms with Gasteiger partial charge in [-0.3, -0.25) is 20.2 Å². The number of non-ortho nitro benzene ring substituents is 2. The van der Waals surface area contributed by atoms with Crippen LogP contribution < -0.4 is 0 Å². The number of nitro benzene ring substituents is 2. The first-order valence-corrected chi connectivity index (χ1v) is 11.4. The van der Waals surface area contributed by atoms with Gasteiger partial charge in [0.05, 0.1) is 20.9 Å². The quantitative estimate of drug-likeness (QED) is 0.221. The van der Waals surface area contributed by atoms with Gasteiger partial charge in [-0.15, -0.1) is 0 Å². The molecule has 2 heterocycles. The van der Waals surface area contributed by atoms with E-state index in [9.17, 15) is 20.2 Å². The molecular weight excluding hydrogens is 488 g/mol. The van der Waals surface area contributed by atoms with Gasteiger partial charge in [0.15, 0.2) is 0 Å². The van der Waals surface area contributed by atoms with E-state index in [0.29, 0.717) is 0 Å². The first-order chi connectivity index (χ1) is 15.8. The van der Waals surface area contributed by atoms with E-state index in [1.807, 2.05) is 47.8 Å². The molecule has 0 spiro atoms. The molecule has 4 aromatic rings. The summed E-state index contributed by atoms with van der Waals surface area (Å²) in [6, 6.07) is 10.3. The molecule has 9 heteroatoms. The molecule has 1 aliphatic rings. The molecule has 1 aliphatic carbocycles. The van der Waals surface area contributed by atoms with Crippen LogP contribution in [0.5, 0.6) is 0 Å². The van der Waals surface area contributed by atoms with Crippen LogP contribution in [-0.2, 0) is 14.1 Å². The van der Waals surface area contributed by atoms with E-state index in [2.05, 4.69) is 22.0 Å². The van der Waals surface area contributed by atoms with Crippen LogP contribution in [0.3, 0.4) is 0 Å². The maximum Gasteiger partial charge on any atom is 0.271 e. The van der Waals surface area contributed by atoms with E-state index >= 15 is 0 Å². The third-order valence-corrected chi connectivity index (χ3v) is 6.53. The van der Waals surface area contributed by atoms with Gasteiger partial charge in [-0.25, -0.2) is 0 Å². The van der Waals surface area contributed by atoms with E-state index in [1.165, 1.54) is 24.5 Å². The highest BCUT2D eigenvalue weighted by atomic mass is 79.9. The number of nitro groups is 2. The smallest absolute Gasteiger partial charge is 0.271 e. The molecule has 170 valence electrons. The van der Waals surface area contributed by atoms with Crippen molar-refractivity contribution in [2.75, 3.05) is 0 Å². The van der Waals surface area contributed by atoms with Gasteiger partial charge >= 0.3 is 0 Å². The second-order valence-corrected chi connectivity index (χ2v) is 8.99. The van der Waals surface area contributed by atoms with E-state index in [1.54, 1.807) is 18.2 Å². The minimum absolute atomic E-state index is 0.107. The van der Waals surface area contributed by atoms with Gasteiger partial charge in [0, 0.05) is 71.6 Å². The maximum atomic E-state index is 11.1. The highest BCUT2D eigenvalue weighted by Crippen LogP contribution is 2.35. The van der Waals surface area contributed by atoms with Crippen molar-refractivity contribution in [1.82, 2.24) is 9.13 Å². The number of hydrogen-bond acceptors (Lipinski definition) is 4. The van der Waals surface area contributed by atoms with Crippen LogP contribution in [0.4, 0.5) is 11.4 Å².